The molecule has 1 amide bonds. The van der Waals surface area contributed by atoms with Gasteiger partial charge in [-0.25, -0.2) is 9.50 Å². The number of amides is 1. The number of hydrogen-bond acceptors (Lipinski definition) is 5. The van der Waals surface area contributed by atoms with Crippen LogP contribution in [0.5, 0.6) is 0 Å². The Balaban J connectivity index is 1.24. The lowest BCUT2D eigenvalue weighted by molar-refractivity contribution is -0.138. The van der Waals surface area contributed by atoms with E-state index in [9.17, 15) is 18.0 Å². The molecule has 7 nitrogen and oxygen atoms in total. The zero-order valence-electron chi connectivity index (χ0n) is 19.3. The number of halogens is 3. The van der Waals surface area contributed by atoms with Gasteiger partial charge in [0.25, 0.3) is 11.7 Å². The minimum Gasteiger partial charge on any atom is -0.499 e. The Kier molecular flexibility index (Phi) is 5.98. The SMILES string of the molecule is C=C(C)OCCc1cnc2nc(C(=O)N3C[C@H]4C[C@@H](c5ccccc5C(F)(F)F)C[C@H]4C3)nn2c1. The van der Waals surface area contributed by atoms with Crippen molar-refractivity contribution in [3.63, 3.8) is 0 Å². The van der Waals surface area contributed by atoms with Crippen molar-refractivity contribution in [1.82, 2.24) is 24.5 Å². The standard InChI is InChI=1S/C25H26F3N5O2/c1-15(2)35-8-7-16-11-29-24-30-22(31-33(24)12-16)23(34)32-13-18-9-17(10-19(18)14-32)20-5-3-4-6-21(20)25(26,27)28/h3-6,11-12,17-19H,1,7-10,13-14H2,2H3/t17-,18-,19+. The lowest BCUT2D eigenvalue weighted by Crippen LogP contribution is -2.30. The maximum absolute atomic E-state index is 13.5. The second kappa shape index (κ2) is 8.98. The van der Waals surface area contributed by atoms with Gasteiger partial charge in [0.2, 0.25) is 5.82 Å². The van der Waals surface area contributed by atoms with Gasteiger partial charge in [0.1, 0.15) is 0 Å². The van der Waals surface area contributed by atoms with E-state index in [1.54, 1.807) is 36.4 Å². The molecule has 0 radical (unpaired) electrons. The zero-order chi connectivity index (χ0) is 24.7. The smallest absolute Gasteiger partial charge is 0.416 e. The fraction of sp³-hybridized carbons (Fsp3) is 0.440. The first-order valence-electron chi connectivity index (χ1n) is 11.6. The molecule has 1 saturated carbocycles. The van der Waals surface area contributed by atoms with E-state index < -0.39 is 11.7 Å². The lowest BCUT2D eigenvalue weighted by atomic mass is 9.91. The normalized spacial score (nSPS) is 21.9. The molecule has 3 atom stereocenters. The molecule has 3 aromatic rings. The molecule has 184 valence electrons. The summed E-state index contributed by atoms with van der Waals surface area (Å²) in [5.74, 6) is 0.960. The van der Waals surface area contributed by atoms with Crippen LogP contribution in [0.1, 0.15) is 53.0 Å². The molecule has 1 saturated heterocycles. The summed E-state index contributed by atoms with van der Waals surface area (Å²) in [6.45, 7) is 6.95. The van der Waals surface area contributed by atoms with E-state index in [1.807, 2.05) is 0 Å². The molecule has 1 aliphatic carbocycles. The Bertz CT molecular complexity index is 1260. The monoisotopic (exact) mass is 485 g/mol. The molecule has 3 heterocycles. The van der Waals surface area contributed by atoms with Crippen molar-refractivity contribution < 1.29 is 22.7 Å². The maximum Gasteiger partial charge on any atom is 0.416 e. The van der Waals surface area contributed by atoms with Gasteiger partial charge < -0.3 is 9.64 Å². The highest BCUT2D eigenvalue weighted by atomic mass is 19.4. The molecule has 0 unspecified atom stereocenters. The van der Waals surface area contributed by atoms with E-state index in [4.69, 9.17) is 4.74 Å². The number of likely N-dealkylation sites (tertiary alicyclic amines) is 1. The summed E-state index contributed by atoms with van der Waals surface area (Å²) >= 11 is 0. The van der Waals surface area contributed by atoms with Gasteiger partial charge in [-0.2, -0.15) is 18.2 Å². The minimum absolute atomic E-state index is 0.0757. The number of fused-ring (bicyclic) bond motifs is 2. The number of benzene rings is 1. The first-order valence-corrected chi connectivity index (χ1v) is 11.6. The average molecular weight is 486 g/mol. The fourth-order valence-electron chi connectivity index (χ4n) is 5.36. The highest BCUT2D eigenvalue weighted by Crippen LogP contribution is 2.48. The quantitative estimate of drug-likeness (QED) is 0.481. The summed E-state index contributed by atoms with van der Waals surface area (Å²) in [6.07, 6.45) is 0.979. The second-order valence-electron chi connectivity index (χ2n) is 9.43. The van der Waals surface area contributed by atoms with Crippen molar-refractivity contribution in [3.05, 3.63) is 71.5 Å². The van der Waals surface area contributed by atoms with E-state index in [1.165, 1.54) is 10.6 Å². The van der Waals surface area contributed by atoms with Crippen molar-refractivity contribution in [2.24, 2.45) is 11.8 Å². The molecule has 2 aromatic heterocycles. The van der Waals surface area contributed by atoms with Crippen LogP contribution in [0, 0.1) is 11.8 Å². The minimum atomic E-state index is -4.36. The number of aromatic nitrogens is 4. The van der Waals surface area contributed by atoms with Gasteiger partial charge in [-0.15, -0.1) is 5.10 Å². The fourth-order valence-corrected chi connectivity index (χ4v) is 5.36. The predicted octanol–water partition coefficient (Wildman–Crippen LogP) is 4.50. The van der Waals surface area contributed by atoms with E-state index in [2.05, 4.69) is 21.6 Å². The third-order valence-corrected chi connectivity index (χ3v) is 6.92. The largest absolute Gasteiger partial charge is 0.499 e. The van der Waals surface area contributed by atoms with Crippen molar-refractivity contribution in [3.8, 4) is 0 Å². The number of rotatable bonds is 6. The van der Waals surface area contributed by atoms with Crippen LogP contribution >= 0.6 is 0 Å². The van der Waals surface area contributed by atoms with Crippen molar-refractivity contribution in [2.45, 2.75) is 38.3 Å². The third-order valence-electron chi connectivity index (χ3n) is 6.92. The van der Waals surface area contributed by atoms with Crippen LogP contribution < -0.4 is 0 Å². The van der Waals surface area contributed by atoms with Crippen molar-refractivity contribution in [2.75, 3.05) is 19.7 Å². The zero-order valence-corrected chi connectivity index (χ0v) is 19.3. The number of allylic oxidation sites excluding steroid dienone is 1. The molecule has 0 bridgehead atoms. The highest BCUT2D eigenvalue weighted by Gasteiger charge is 2.45. The molecule has 5 rings (SSSR count). The molecule has 2 aliphatic rings. The number of alkyl halides is 3. The second-order valence-corrected chi connectivity index (χ2v) is 9.43. The number of nitrogens with zero attached hydrogens (tertiary/aromatic N) is 5. The van der Waals surface area contributed by atoms with Gasteiger partial charge in [-0.05, 0) is 54.7 Å². The number of ether oxygens (including phenoxy) is 1. The van der Waals surface area contributed by atoms with E-state index in [0.717, 1.165) is 11.6 Å². The molecular weight excluding hydrogens is 459 g/mol. The molecule has 1 aliphatic heterocycles. The van der Waals surface area contributed by atoms with E-state index in [0.29, 0.717) is 56.1 Å². The lowest BCUT2D eigenvalue weighted by Gasteiger charge is -2.21. The highest BCUT2D eigenvalue weighted by molar-refractivity contribution is 5.91. The first kappa shape index (κ1) is 23.3. The van der Waals surface area contributed by atoms with Crippen LogP contribution in [0.25, 0.3) is 5.78 Å². The number of carbonyl (C=O) groups excluding carboxylic acids is 1. The van der Waals surface area contributed by atoms with Gasteiger partial charge in [0, 0.05) is 31.9 Å². The summed E-state index contributed by atoms with van der Waals surface area (Å²) in [5.41, 5.74) is 0.707. The van der Waals surface area contributed by atoms with Gasteiger partial charge in [-0.1, -0.05) is 24.8 Å². The molecule has 2 fully saturated rings. The molecule has 35 heavy (non-hydrogen) atoms. The van der Waals surface area contributed by atoms with Gasteiger partial charge in [-0.3, -0.25) is 4.79 Å². The summed E-state index contributed by atoms with van der Waals surface area (Å²) in [6, 6.07) is 5.83. The molecule has 0 N–H and O–H groups in total. The van der Waals surface area contributed by atoms with Crippen molar-refractivity contribution in [1.29, 1.82) is 0 Å². The molecule has 0 spiro atoms. The van der Waals surface area contributed by atoms with E-state index >= 15 is 0 Å². The molecule has 10 heteroatoms. The first-order chi connectivity index (χ1) is 16.7. The molecule has 1 aromatic carbocycles. The third kappa shape index (κ3) is 4.74. The van der Waals surface area contributed by atoms with Crippen LogP contribution in [0.4, 0.5) is 13.2 Å². The maximum atomic E-state index is 13.5. The summed E-state index contributed by atoms with van der Waals surface area (Å²) < 4.78 is 47.3. The average Bonchev–Trinajstić information content (AvgIpc) is 3.50. The summed E-state index contributed by atoms with van der Waals surface area (Å²) in [7, 11) is 0. The van der Waals surface area contributed by atoms with Crippen LogP contribution in [0.15, 0.2) is 49.0 Å². The topological polar surface area (TPSA) is 72.6 Å². The Hall–Kier alpha value is -3.43. The van der Waals surface area contributed by atoms with Crippen LogP contribution in [0.2, 0.25) is 0 Å². The van der Waals surface area contributed by atoms with Gasteiger partial charge in [0.15, 0.2) is 0 Å². The van der Waals surface area contributed by atoms with Crippen LogP contribution in [-0.2, 0) is 17.3 Å². The van der Waals surface area contributed by atoms with Crippen LogP contribution in [0.3, 0.4) is 0 Å². The Labute approximate surface area is 200 Å². The van der Waals surface area contributed by atoms with Gasteiger partial charge >= 0.3 is 6.18 Å². The summed E-state index contributed by atoms with van der Waals surface area (Å²) in [4.78, 5) is 23.4. The van der Waals surface area contributed by atoms with E-state index in [-0.39, 0.29) is 29.5 Å². The Morgan fingerprint density at radius 1 is 1.20 bits per heavy atom. The van der Waals surface area contributed by atoms with Gasteiger partial charge in [0.05, 0.1) is 17.9 Å². The Morgan fingerprint density at radius 3 is 2.60 bits per heavy atom. The number of carbonyl (C=O) groups is 1. The summed E-state index contributed by atoms with van der Waals surface area (Å²) in [5, 5.41) is 4.32. The number of hydrogen-bond donors (Lipinski definition) is 0. The van der Waals surface area contributed by atoms with Crippen molar-refractivity contribution >= 4 is 11.7 Å². The predicted molar refractivity (Wildman–Crippen MR) is 122 cm³/mol. The molecular formula is C25H26F3N5O2. The van der Waals surface area contributed by atoms with Crippen LogP contribution in [-0.4, -0.2) is 50.1 Å². The Morgan fingerprint density at radius 2 is 1.91 bits per heavy atom.